The normalized spacial score (nSPS) is 10.5. The van der Waals surface area contributed by atoms with Crippen LogP contribution < -0.4 is 11.2 Å². The summed E-state index contributed by atoms with van der Waals surface area (Å²) in [5.74, 6) is -1.92. The molecule has 0 radical (unpaired) electrons. The highest BCUT2D eigenvalue weighted by Gasteiger charge is 2.15. The van der Waals surface area contributed by atoms with Gasteiger partial charge in [0.2, 0.25) is 11.5 Å². The van der Waals surface area contributed by atoms with E-state index in [1.165, 1.54) is 36.4 Å². The first kappa shape index (κ1) is 20.7. The highest BCUT2D eigenvalue weighted by Crippen LogP contribution is 2.15. The number of rotatable bonds is 8. The number of nitrogens with zero attached hydrogens (tertiary/aromatic N) is 3. The molecule has 0 unspecified atom stereocenters. The van der Waals surface area contributed by atoms with E-state index in [4.69, 9.17) is 21.1 Å². The van der Waals surface area contributed by atoms with Gasteiger partial charge in [-0.25, -0.2) is 4.79 Å². The fourth-order valence-corrected chi connectivity index (χ4v) is 2.07. The minimum atomic E-state index is -0.802. The third-order valence-electron chi connectivity index (χ3n) is 3.47. The van der Waals surface area contributed by atoms with E-state index in [-0.39, 0.29) is 22.5 Å². The zero-order chi connectivity index (χ0) is 21.4. The van der Waals surface area contributed by atoms with Crippen molar-refractivity contribution in [2.45, 2.75) is 0 Å². The molecule has 2 aromatic rings. The van der Waals surface area contributed by atoms with Crippen molar-refractivity contribution in [2.75, 3.05) is 12.0 Å². The summed E-state index contributed by atoms with van der Waals surface area (Å²) in [5.41, 5.74) is 7.54. The number of hydrogen-bond acceptors (Lipinski definition) is 9. The van der Waals surface area contributed by atoms with Crippen molar-refractivity contribution < 1.29 is 19.2 Å². The molecule has 29 heavy (non-hydrogen) atoms. The molecule has 0 saturated carbocycles. The SMILES string of the molecule is N#C/C(=N\Nc1cccc(C(=O)OCC(=O)c2cccc([N+](=O)[O-])c2)c1)C(=N)N. The molecule has 0 aliphatic carbocycles. The lowest BCUT2D eigenvalue weighted by Gasteiger charge is -2.06. The number of nitro benzene ring substituents is 1. The molecule has 0 aromatic heterocycles. The van der Waals surface area contributed by atoms with E-state index in [0.717, 1.165) is 6.07 Å². The van der Waals surface area contributed by atoms with Gasteiger partial charge in [0.05, 0.1) is 16.2 Å². The number of anilines is 1. The topological polar surface area (TPSA) is 185 Å². The highest BCUT2D eigenvalue weighted by atomic mass is 16.6. The molecule has 0 amide bonds. The Hall–Kier alpha value is -4.59. The number of ether oxygens (including phenoxy) is 1. The maximum atomic E-state index is 12.2. The van der Waals surface area contributed by atoms with Crippen LogP contribution >= 0.6 is 0 Å². The number of carbonyl (C=O) groups is 2. The Morgan fingerprint density at radius 1 is 1.24 bits per heavy atom. The molecular formula is C18H14N6O5. The number of nitrogens with one attached hydrogen (secondary N) is 2. The quantitative estimate of drug-likeness (QED) is 0.151. The molecule has 0 aliphatic heterocycles. The van der Waals surface area contributed by atoms with Gasteiger partial charge >= 0.3 is 5.97 Å². The number of ketones is 1. The van der Waals surface area contributed by atoms with Gasteiger partial charge in [0, 0.05) is 17.7 Å². The van der Waals surface area contributed by atoms with E-state index in [1.54, 1.807) is 12.1 Å². The maximum Gasteiger partial charge on any atom is 0.338 e. The van der Waals surface area contributed by atoms with Crippen LogP contribution in [-0.2, 0) is 4.74 Å². The fraction of sp³-hybridized carbons (Fsp3) is 0.0556. The monoisotopic (exact) mass is 394 g/mol. The summed E-state index contributed by atoms with van der Waals surface area (Å²) in [6, 6.07) is 12.6. The predicted molar refractivity (Wildman–Crippen MR) is 103 cm³/mol. The van der Waals surface area contributed by atoms with Crippen molar-refractivity contribution in [2.24, 2.45) is 10.8 Å². The largest absolute Gasteiger partial charge is 0.454 e. The first-order valence-electron chi connectivity index (χ1n) is 7.95. The Kier molecular flexibility index (Phi) is 6.70. The summed E-state index contributed by atoms with van der Waals surface area (Å²) in [4.78, 5) is 34.4. The van der Waals surface area contributed by atoms with Crippen molar-refractivity contribution in [3.8, 4) is 6.07 Å². The summed E-state index contributed by atoms with van der Waals surface area (Å²) in [7, 11) is 0. The molecule has 146 valence electrons. The lowest BCUT2D eigenvalue weighted by molar-refractivity contribution is -0.384. The molecule has 2 rings (SSSR count). The lowest BCUT2D eigenvalue weighted by atomic mass is 10.1. The average Bonchev–Trinajstić information content (AvgIpc) is 2.72. The van der Waals surface area contributed by atoms with Crippen molar-refractivity contribution in [1.29, 1.82) is 10.7 Å². The van der Waals surface area contributed by atoms with Crippen LogP contribution in [0.1, 0.15) is 20.7 Å². The van der Waals surface area contributed by atoms with Crippen molar-refractivity contribution in [3.63, 3.8) is 0 Å². The van der Waals surface area contributed by atoms with Crippen molar-refractivity contribution in [1.82, 2.24) is 0 Å². The van der Waals surface area contributed by atoms with Gasteiger partial charge in [-0.05, 0) is 18.2 Å². The van der Waals surface area contributed by atoms with Crippen LogP contribution in [0.4, 0.5) is 11.4 Å². The number of esters is 1. The van der Waals surface area contributed by atoms with Gasteiger partial charge in [0.1, 0.15) is 6.07 Å². The Morgan fingerprint density at radius 2 is 1.93 bits per heavy atom. The van der Waals surface area contributed by atoms with E-state index in [1.807, 2.05) is 0 Å². The zero-order valence-electron chi connectivity index (χ0n) is 14.8. The molecular weight excluding hydrogens is 380 g/mol. The highest BCUT2D eigenvalue weighted by molar-refractivity contribution is 6.45. The molecule has 0 aliphatic rings. The number of nitriles is 1. The number of nitrogens with two attached hydrogens (primary N) is 1. The minimum absolute atomic E-state index is 0.0463. The van der Waals surface area contributed by atoms with Crippen molar-refractivity contribution in [3.05, 3.63) is 69.8 Å². The Labute approximate surface area is 164 Å². The second-order valence-electron chi connectivity index (χ2n) is 5.49. The van der Waals surface area contributed by atoms with Crippen LogP contribution in [0.25, 0.3) is 0 Å². The van der Waals surface area contributed by atoms with E-state index in [9.17, 15) is 19.7 Å². The maximum absolute atomic E-state index is 12.2. The second kappa shape index (κ2) is 9.38. The zero-order valence-corrected chi connectivity index (χ0v) is 14.8. The van der Waals surface area contributed by atoms with Crippen molar-refractivity contribution >= 4 is 34.7 Å². The number of nitro groups is 1. The fourth-order valence-electron chi connectivity index (χ4n) is 2.07. The number of Topliss-reactive ketones (excluding diaryl/α,β-unsaturated/α-hetero) is 1. The van der Waals surface area contributed by atoms with Crippen LogP contribution in [0, 0.1) is 26.9 Å². The summed E-state index contributed by atoms with van der Waals surface area (Å²) < 4.78 is 4.96. The number of carbonyl (C=O) groups excluding carboxylic acids is 2. The average molecular weight is 394 g/mol. The smallest absolute Gasteiger partial charge is 0.338 e. The molecule has 0 spiro atoms. The molecule has 0 atom stereocenters. The van der Waals surface area contributed by atoms with E-state index in [0.29, 0.717) is 5.69 Å². The summed E-state index contributed by atoms with van der Waals surface area (Å²) >= 11 is 0. The van der Waals surface area contributed by atoms with Gasteiger partial charge in [-0.3, -0.25) is 25.7 Å². The van der Waals surface area contributed by atoms with Gasteiger partial charge in [-0.1, -0.05) is 18.2 Å². The van der Waals surface area contributed by atoms with E-state index >= 15 is 0 Å². The number of benzene rings is 2. The van der Waals surface area contributed by atoms with Gasteiger partial charge in [0.25, 0.3) is 5.69 Å². The van der Waals surface area contributed by atoms with Gasteiger partial charge in [-0.15, -0.1) is 0 Å². The molecule has 2 aromatic carbocycles. The van der Waals surface area contributed by atoms with Crippen LogP contribution in [0.2, 0.25) is 0 Å². The Bertz CT molecular complexity index is 1060. The van der Waals surface area contributed by atoms with Crippen LogP contribution in [0.3, 0.4) is 0 Å². The number of hydrazone groups is 1. The summed E-state index contributed by atoms with van der Waals surface area (Å²) in [6.45, 7) is -0.598. The first-order valence-corrected chi connectivity index (χ1v) is 7.95. The lowest BCUT2D eigenvalue weighted by Crippen LogP contribution is -2.21. The molecule has 11 heteroatoms. The number of amidine groups is 1. The molecule has 0 fully saturated rings. The molecule has 0 heterocycles. The first-order chi connectivity index (χ1) is 13.8. The second-order valence-corrected chi connectivity index (χ2v) is 5.49. The Balaban J connectivity index is 2.03. The van der Waals surface area contributed by atoms with E-state index in [2.05, 4.69) is 10.5 Å². The van der Waals surface area contributed by atoms with Crippen LogP contribution in [0.5, 0.6) is 0 Å². The van der Waals surface area contributed by atoms with Gasteiger partial charge in [0.15, 0.2) is 12.4 Å². The predicted octanol–water partition coefficient (Wildman–Crippen LogP) is 1.86. The summed E-state index contributed by atoms with van der Waals surface area (Å²) in [5, 5.41) is 30.4. The van der Waals surface area contributed by atoms with Crippen LogP contribution in [-0.4, -0.2) is 34.8 Å². The summed E-state index contributed by atoms with van der Waals surface area (Å²) in [6.07, 6.45) is 0. The number of non-ortho nitro benzene ring substituents is 1. The van der Waals surface area contributed by atoms with E-state index < -0.39 is 29.1 Å². The third-order valence-corrected chi connectivity index (χ3v) is 3.47. The molecule has 4 N–H and O–H groups in total. The van der Waals surface area contributed by atoms with Gasteiger partial charge in [-0.2, -0.15) is 10.4 Å². The standard InChI is InChI=1S/C18H14N6O5/c19-9-15(17(20)21)23-22-13-5-1-4-12(7-13)18(26)29-10-16(25)11-3-2-6-14(8-11)24(27)28/h1-8,22H,10H2,(H3,20,21)/b23-15+. The number of hydrogen-bond donors (Lipinski definition) is 3. The van der Waals surface area contributed by atoms with Crippen LogP contribution in [0.15, 0.2) is 53.6 Å². The van der Waals surface area contributed by atoms with Gasteiger partial charge < -0.3 is 10.5 Å². The third kappa shape index (κ3) is 5.69. The Morgan fingerprint density at radius 3 is 2.59 bits per heavy atom. The molecule has 11 nitrogen and oxygen atoms in total. The molecule has 0 saturated heterocycles. The molecule has 0 bridgehead atoms. The minimum Gasteiger partial charge on any atom is -0.454 e.